The maximum atomic E-state index is 12.1. The van der Waals surface area contributed by atoms with Crippen LogP contribution >= 0.6 is 0 Å². The molecule has 17 heavy (non-hydrogen) atoms. The van der Waals surface area contributed by atoms with Crippen LogP contribution in [0.2, 0.25) is 0 Å². The highest BCUT2D eigenvalue weighted by Gasteiger charge is 2.31. The van der Waals surface area contributed by atoms with E-state index >= 15 is 0 Å². The third kappa shape index (κ3) is 3.72. The van der Waals surface area contributed by atoms with E-state index in [-0.39, 0.29) is 18.4 Å². The largest absolute Gasteiger partial charge is 0.481 e. The Morgan fingerprint density at radius 2 is 1.94 bits per heavy atom. The SMILES string of the molecule is O=C(O)CCC1CCCCN1C(=O)CC1CC1. The molecule has 0 spiro atoms. The number of rotatable bonds is 5. The van der Waals surface area contributed by atoms with Crippen LogP contribution in [0.1, 0.15) is 51.4 Å². The summed E-state index contributed by atoms with van der Waals surface area (Å²) >= 11 is 0. The maximum absolute atomic E-state index is 12.1. The summed E-state index contributed by atoms with van der Waals surface area (Å²) in [4.78, 5) is 24.6. The number of likely N-dealkylation sites (tertiary alicyclic amines) is 1. The number of amides is 1. The van der Waals surface area contributed by atoms with E-state index in [9.17, 15) is 9.59 Å². The molecule has 1 N–H and O–H groups in total. The lowest BCUT2D eigenvalue weighted by Gasteiger charge is -2.35. The number of piperidine rings is 1. The second-order valence-electron chi connectivity index (χ2n) is 5.32. The number of carbonyl (C=O) groups excluding carboxylic acids is 1. The molecule has 96 valence electrons. The Labute approximate surface area is 102 Å². The number of aliphatic carboxylic acids is 1. The van der Waals surface area contributed by atoms with E-state index in [4.69, 9.17) is 5.11 Å². The van der Waals surface area contributed by atoms with Crippen LogP contribution in [0, 0.1) is 5.92 Å². The number of carbonyl (C=O) groups is 2. The molecule has 1 heterocycles. The average Bonchev–Trinajstić information content (AvgIpc) is 3.10. The Morgan fingerprint density at radius 3 is 2.59 bits per heavy atom. The number of carboxylic acids is 1. The van der Waals surface area contributed by atoms with Gasteiger partial charge in [-0.2, -0.15) is 0 Å². The minimum absolute atomic E-state index is 0.172. The highest BCUT2D eigenvalue weighted by Crippen LogP contribution is 2.34. The second-order valence-corrected chi connectivity index (χ2v) is 5.32. The number of hydrogen-bond acceptors (Lipinski definition) is 2. The molecule has 1 saturated heterocycles. The van der Waals surface area contributed by atoms with Crippen LogP contribution in [0.4, 0.5) is 0 Å². The molecule has 1 saturated carbocycles. The van der Waals surface area contributed by atoms with E-state index in [0.717, 1.165) is 25.8 Å². The van der Waals surface area contributed by atoms with E-state index in [1.165, 1.54) is 12.8 Å². The van der Waals surface area contributed by atoms with E-state index < -0.39 is 5.97 Å². The van der Waals surface area contributed by atoms with Crippen LogP contribution in [0.15, 0.2) is 0 Å². The smallest absolute Gasteiger partial charge is 0.303 e. The third-order valence-electron chi connectivity index (χ3n) is 3.80. The summed E-state index contributed by atoms with van der Waals surface area (Å²) in [5.74, 6) is 0.109. The zero-order chi connectivity index (χ0) is 12.3. The summed E-state index contributed by atoms with van der Waals surface area (Å²) in [6.07, 6.45) is 7.03. The molecule has 0 radical (unpaired) electrons. The lowest BCUT2D eigenvalue weighted by Crippen LogP contribution is -2.44. The standard InChI is InChI=1S/C13H21NO3/c15-12(9-10-4-5-10)14-8-2-1-3-11(14)6-7-13(16)17/h10-11H,1-9H2,(H,16,17). The van der Waals surface area contributed by atoms with Gasteiger partial charge >= 0.3 is 5.97 Å². The Bertz CT molecular complexity index is 299. The van der Waals surface area contributed by atoms with Gasteiger partial charge in [-0.15, -0.1) is 0 Å². The minimum Gasteiger partial charge on any atom is -0.481 e. The molecule has 4 nitrogen and oxygen atoms in total. The summed E-state index contributed by atoms with van der Waals surface area (Å²) in [6.45, 7) is 0.829. The molecule has 0 aromatic carbocycles. The van der Waals surface area contributed by atoms with Crippen LogP contribution in [0.3, 0.4) is 0 Å². The van der Waals surface area contributed by atoms with Crippen molar-refractivity contribution in [2.75, 3.05) is 6.54 Å². The molecule has 1 aliphatic carbocycles. The van der Waals surface area contributed by atoms with Crippen LogP contribution in [-0.4, -0.2) is 34.5 Å². The lowest BCUT2D eigenvalue weighted by atomic mass is 9.97. The predicted octanol–water partition coefficient (Wildman–Crippen LogP) is 2.03. The quantitative estimate of drug-likeness (QED) is 0.798. The topological polar surface area (TPSA) is 57.6 Å². The molecule has 0 aromatic rings. The Kier molecular flexibility index (Phi) is 4.02. The Balaban J connectivity index is 1.85. The first-order valence-electron chi connectivity index (χ1n) is 6.68. The lowest BCUT2D eigenvalue weighted by molar-refractivity contribution is -0.140. The summed E-state index contributed by atoms with van der Waals surface area (Å²) in [7, 11) is 0. The third-order valence-corrected chi connectivity index (χ3v) is 3.80. The fraction of sp³-hybridized carbons (Fsp3) is 0.846. The van der Waals surface area contributed by atoms with Gasteiger partial charge in [0.15, 0.2) is 0 Å². The van der Waals surface area contributed by atoms with Crippen molar-refractivity contribution in [3.05, 3.63) is 0 Å². The maximum Gasteiger partial charge on any atom is 0.303 e. The van der Waals surface area contributed by atoms with Gasteiger partial charge in [0.05, 0.1) is 0 Å². The molecule has 4 heteroatoms. The van der Waals surface area contributed by atoms with Crippen LogP contribution < -0.4 is 0 Å². The van der Waals surface area contributed by atoms with E-state index in [0.29, 0.717) is 18.8 Å². The van der Waals surface area contributed by atoms with Gasteiger partial charge < -0.3 is 10.0 Å². The molecule has 1 unspecified atom stereocenters. The predicted molar refractivity (Wildman–Crippen MR) is 63.6 cm³/mol. The van der Waals surface area contributed by atoms with Crippen molar-refractivity contribution in [3.8, 4) is 0 Å². The summed E-state index contributed by atoms with van der Waals surface area (Å²) in [5, 5.41) is 8.72. The van der Waals surface area contributed by atoms with Crippen molar-refractivity contribution in [3.63, 3.8) is 0 Å². The van der Waals surface area contributed by atoms with Crippen molar-refractivity contribution in [1.82, 2.24) is 4.90 Å². The van der Waals surface area contributed by atoms with Crippen molar-refractivity contribution in [1.29, 1.82) is 0 Å². The highest BCUT2D eigenvalue weighted by molar-refractivity contribution is 5.77. The van der Waals surface area contributed by atoms with Crippen LogP contribution in [0.5, 0.6) is 0 Å². The van der Waals surface area contributed by atoms with E-state index in [1.54, 1.807) is 0 Å². The van der Waals surface area contributed by atoms with Gasteiger partial charge in [-0.05, 0) is 44.4 Å². The molecule has 1 atom stereocenters. The fourth-order valence-electron chi connectivity index (χ4n) is 2.61. The second kappa shape index (κ2) is 5.52. The van der Waals surface area contributed by atoms with Crippen LogP contribution in [-0.2, 0) is 9.59 Å². The van der Waals surface area contributed by atoms with Gasteiger partial charge in [0.25, 0.3) is 0 Å². The first kappa shape index (κ1) is 12.4. The normalized spacial score (nSPS) is 24.7. The van der Waals surface area contributed by atoms with Gasteiger partial charge in [-0.1, -0.05) is 0 Å². The zero-order valence-electron chi connectivity index (χ0n) is 10.2. The highest BCUT2D eigenvalue weighted by atomic mass is 16.4. The fourth-order valence-corrected chi connectivity index (χ4v) is 2.61. The Morgan fingerprint density at radius 1 is 1.18 bits per heavy atom. The number of nitrogens with zero attached hydrogens (tertiary/aromatic N) is 1. The van der Waals surface area contributed by atoms with Crippen molar-refractivity contribution < 1.29 is 14.7 Å². The van der Waals surface area contributed by atoms with E-state index in [2.05, 4.69) is 0 Å². The first-order chi connectivity index (χ1) is 8.16. The van der Waals surface area contributed by atoms with E-state index in [1.807, 2.05) is 4.90 Å². The van der Waals surface area contributed by atoms with Gasteiger partial charge in [0.2, 0.25) is 5.91 Å². The first-order valence-corrected chi connectivity index (χ1v) is 6.68. The molecular formula is C13H21NO3. The summed E-state index contributed by atoms with van der Waals surface area (Å²) < 4.78 is 0. The van der Waals surface area contributed by atoms with Gasteiger partial charge in [0.1, 0.15) is 0 Å². The monoisotopic (exact) mass is 239 g/mol. The summed E-state index contributed by atoms with van der Waals surface area (Å²) in [6, 6.07) is 0.172. The zero-order valence-corrected chi connectivity index (χ0v) is 10.2. The molecule has 0 aromatic heterocycles. The van der Waals surface area contributed by atoms with Crippen molar-refractivity contribution in [2.45, 2.75) is 57.4 Å². The molecule has 1 amide bonds. The molecule has 2 aliphatic rings. The van der Waals surface area contributed by atoms with Crippen LogP contribution in [0.25, 0.3) is 0 Å². The summed E-state index contributed by atoms with van der Waals surface area (Å²) in [5.41, 5.74) is 0. The number of hydrogen-bond donors (Lipinski definition) is 1. The average molecular weight is 239 g/mol. The number of carboxylic acid groups (broad SMARTS) is 1. The molecule has 1 aliphatic heterocycles. The van der Waals surface area contributed by atoms with Gasteiger partial charge in [-0.3, -0.25) is 9.59 Å². The molecule has 2 rings (SSSR count). The van der Waals surface area contributed by atoms with Crippen molar-refractivity contribution in [2.24, 2.45) is 5.92 Å². The van der Waals surface area contributed by atoms with Crippen molar-refractivity contribution >= 4 is 11.9 Å². The molecular weight excluding hydrogens is 218 g/mol. The molecule has 2 fully saturated rings. The minimum atomic E-state index is -0.759. The molecule has 0 bridgehead atoms. The van der Waals surface area contributed by atoms with Gasteiger partial charge in [-0.25, -0.2) is 0 Å². The van der Waals surface area contributed by atoms with Gasteiger partial charge in [0, 0.05) is 25.4 Å². The Hall–Kier alpha value is -1.06.